The molecule has 6 heteroatoms. The van der Waals surface area contributed by atoms with Gasteiger partial charge in [-0.2, -0.15) is 0 Å². The first kappa shape index (κ1) is 21.1. The monoisotopic (exact) mass is 405 g/mol. The van der Waals surface area contributed by atoms with Gasteiger partial charge in [0.15, 0.2) is 0 Å². The Balaban J connectivity index is 1.67. The van der Waals surface area contributed by atoms with E-state index < -0.39 is 16.0 Å². The molecule has 0 radical (unpaired) electrons. The van der Waals surface area contributed by atoms with E-state index in [4.69, 9.17) is 5.11 Å². The van der Waals surface area contributed by atoms with Crippen molar-refractivity contribution in [3.63, 3.8) is 0 Å². The highest BCUT2D eigenvalue weighted by Crippen LogP contribution is 2.62. The fourth-order valence-corrected chi connectivity index (χ4v) is 6.34. The Kier molecular flexibility index (Phi) is 6.30. The van der Waals surface area contributed by atoms with Gasteiger partial charge in [-0.1, -0.05) is 44.2 Å². The summed E-state index contributed by atoms with van der Waals surface area (Å²) in [6, 6.07) is 8.52. The molecule has 0 saturated heterocycles. The molecule has 28 heavy (non-hydrogen) atoms. The van der Waals surface area contributed by atoms with Crippen molar-refractivity contribution in [3.05, 3.63) is 42.5 Å². The minimum Gasteiger partial charge on any atom is -0.481 e. The Bertz CT molecular complexity index is 816. The number of fused-ring (bicyclic) bond motifs is 2. The molecule has 0 spiro atoms. The first-order chi connectivity index (χ1) is 13.2. The zero-order chi connectivity index (χ0) is 20.4. The first-order valence-electron chi connectivity index (χ1n) is 10.2. The fraction of sp³-hybridized carbons (Fsp3) is 0.591. The molecule has 0 aromatic heterocycles. The number of allylic oxidation sites excluding steroid dienone is 2. The molecule has 0 aliphatic heterocycles. The van der Waals surface area contributed by atoms with Gasteiger partial charge < -0.3 is 5.11 Å². The molecule has 0 heterocycles. The number of benzene rings is 1. The van der Waals surface area contributed by atoms with E-state index >= 15 is 0 Å². The van der Waals surface area contributed by atoms with Crippen LogP contribution in [-0.2, 0) is 14.8 Å². The number of sulfonamides is 1. The lowest BCUT2D eigenvalue weighted by atomic mass is 9.44. The van der Waals surface area contributed by atoms with E-state index in [1.807, 2.05) is 12.1 Å². The van der Waals surface area contributed by atoms with Gasteiger partial charge in [0.25, 0.3) is 0 Å². The molecule has 3 aliphatic carbocycles. The summed E-state index contributed by atoms with van der Waals surface area (Å²) in [5, 5.41) is 8.72. The van der Waals surface area contributed by atoms with E-state index in [9.17, 15) is 13.2 Å². The van der Waals surface area contributed by atoms with Gasteiger partial charge in [-0.15, -0.1) is 0 Å². The molecule has 2 bridgehead atoms. The standard InChI is InChI=1S/C22H31NO4S/c1-22(2)16-14-19(22)18(12-8-3-4-9-13-21(24)25)20(15-16)23-28(26,27)17-10-6-5-7-11-17/h3,5-8,10-11,16,18-20,23H,4,9,12-15H2,1-2H3,(H,24,25)/b8-3-/t16-,18+,19+,20+/m1/s1. The van der Waals surface area contributed by atoms with Crippen molar-refractivity contribution in [2.24, 2.45) is 23.2 Å². The van der Waals surface area contributed by atoms with E-state index in [0.29, 0.717) is 23.2 Å². The lowest BCUT2D eigenvalue weighted by Gasteiger charge is -2.62. The lowest BCUT2D eigenvalue weighted by Crippen LogP contribution is -2.61. The van der Waals surface area contributed by atoms with E-state index in [1.165, 1.54) is 6.42 Å². The second-order valence-electron chi connectivity index (χ2n) is 8.79. The van der Waals surface area contributed by atoms with Gasteiger partial charge in [0.1, 0.15) is 0 Å². The molecule has 3 saturated carbocycles. The molecule has 2 N–H and O–H groups in total. The lowest BCUT2D eigenvalue weighted by molar-refractivity contribution is -0.137. The molecule has 3 fully saturated rings. The van der Waals surface area contributed by atoms with Gasteiger partial charge in [0.05, 0.1) is 4.90 Å². The third-order valence-electron chi connectivity index (χ3n) is 6.81. The molecule has 4 atom stereocenters. The van der Waals surface area contributed by atoms with Crippen molar-refractivity contribution in [2.75, 3.05) is 0 Å². The third kappa shape index (κ3) is 4.49. The average molecular weight is 406 g/mol. The van der Waals surface area contributed by atoms with Crippen LogP contribution in [-0.4, -0.2) is 25.5 Å². The maximum absolute atomic E-state index is 12.8. The minimum absolute atomic E-state index is 0.0503. The van der Waals surface area contributed by atoms with Crippen LogP contribution < -0.4 is 4.72 Å². The van der Waals surface area contributed by atoms with Crippen LogP contribution in [0.2, 0.25) is 0 Å². The minimum atomic E-state index is -3.52. The molecule has 4 rings (SSSR count). The number of unbranched alkanes of at least 4 members (excludes halogenated alkanes) is 1. The highest BCUT2D eigenvalue weighted by Gasteiger charge is 2.57. The summed E-state index contributed by atoms with van der Waals surface area (Å²) in [7, 11) is -3.52. The van der Waals surface area contributed by atoms with Crippen LogP contribution in [0.1, 0.15) is 52.4 Å². The van der Waals surface area contributed by atoms with Crippen molar-refractivity contribution in [2.45, 2.75) is 63.3 Å². The largest absolute Gasteiger partial charge is 0.481 e. The van der Waals surface area contributed by atoms with Crippen molar-refractivity contribution in [1.29, 1.82) is 0 Å². The highest BCUT2D eigenvalue weighted by molar-refractivity contribution is 7.89. The summed E-state index contributed by atoms with van der Waals surface area (Å²) >= 11 is 0. The van der Waals surface area contributed by atoms with Gasteiger partial charge in [-0.3, -0.25) is 4.79 Å². The number of aliphatic carboxylic acids is 1. The van der Waals surface area contributed by atoms with Crippen molar-refractivity contribution < 1.29 is 18.3 Å². The Morgan fingerprint density at radius 2 is 1.93 bits per heavy atom. The van der Waals surface area contributed by atoms with E-state index in [1.54, 1.807) is 24.3 Å². The van der Waals surface area contributed by atoms with Crippen LogP contribution in [0.4, 0.5) is 0 Å². The SMILES string of the molecule is CC1(C)[C@H]2C[C@H](NS(=O)(=O)c3ccccc3)[C@@H](C/C=C\CCCC(=O)O)[C@@H]1C2. The van der Waals surface area contributed by atoms with Crippen LogP contribution in [0.15, 0.2) is 47.4 Å². The molecule has 5 nitrogen and oxygen atoms in total. The predicted octanol–water partition coefficient (Wildman–Crippen LogP) is 4.22. The zero-order valence-electron chi connectivity index (χ0n) is 16.7. The Morgan fingerprint density at radius 3 is 2.57 bits per heavy atom. The van der Waals surface area contributed by atoms with Gasteiger partial charge in [0, 0.05) is 12.5 Å². The molecule has 154 valence electrons. The summed E-state index contributed by atoms with van der Waals surface area (Å²) in [6.07, 6.45) is 8.61. The third-order valence-corrected chi connectivity index (χ3v) is 8.32. The zero-order valence-corrected chi connectivity index (χ0v) is 17.5. The summed E-state index contributed by atoms with van der Waals surface area (Å²) in [5.74, 6) is 0.586. The van der Waals surface area contributed by atoms with E-state index in [-0.39, 0.29) is 23.8 Å². The number of carboxylic acids is 1. The number of rotatable bonds is 9. The van der Waals surface area contributed by atoms with Crippen LogP contribution in [0.25, 0.3) is 0 Å². The summed E-state index contributed by atoms with van der Waals surface area (Å²) < 4.78 is 28.6. The van der Waals surface area contributed by atoms with Crippen molar-refractivity contribution >= 4 is 16.0 Å². The second-order valence-corrected chi connectivity index (χ2v) is 10.5. The molecule has 0 unspecified atom stereocenters. The van der Waals surface area contributed by atoms with Gasteiger partial charge in [-0.05, 0) is 67.4 Å². The average Bonchev–Trinajstić information content (AvgIpc) is 2.65. The number of hydrogen-bond donors (Lipinski definition) is 2. The molecule has 0 amide bonds. The quantitative estimate of drug-likeness (QED) is 0.476. The summed E-state index contributed by atoms with van der Waals surface area (Å²) in [4.78, 5) is 10.9. The topological polar surface area (TPSA) is 83.5 Å². The van der Waals surface area contributed by atoms with Gasteiger partial charge >= 0.3 is 5.97 Å². The van der Waals surface area contributed by atoms with Crippen molar-refractivity contribution in [3.8, 4) is 0 Å². The molecular formula is C22H31NO4S. The van der Waals surface area contributed by atoms with Gasteiger partial charge in [-0.25, -0.2) is 13.1 Å². The van der Waals surface area contributed by atoms with Crippen LogP contribution in [0, 0.1) is 23.2 Å². The molecule has 1 aromatic rings. The van der Waals surface area contributed by atoms with Crippen LogP contribution in [0.3, 0.4) is 0 Å². The second kappa shape index (κ2) is 8.37. The Hall–Kier alpha value is -1.66. The van der Waals surface area contributed by atoms with E-state index in [2.05, 4.69) is 24.6 Å². The highest BCUT2D eigenvalue weighted by atomic mass is 32.2. The number of carbonyl (C=O) groups is 1. The van der Waals surface area contributed by atoms with Crippen LogP contribution >= 0.6 is 0 Å². The summed E-state index contributed by atoms with van der Waals surface area (Å²) in [6.45, 7) is 4.61. The fourth-order valence-electron chi connectivity index (χ4n) is 5.02. The summed E-state index contributed by atoms with van der Waals surface area (Å²) in [5.41, 5.74) is 0.260. The predicted molar refractivity (Wildman–Crippen MR) is 109 cm³/mol. The van der Waals surface area contributed by atoms with Crippen LogP contribution in [0.5, 0.6) is 0 Å². The normalized spacial score (nSPS) is 28.8. The Morgan fingerprint density at radius 1 is 1.21 bits per heavy atom. The Labute approximate surface area is 168 Å². The van der Waals surface area contributed by atoms with Gasteiger partial charge in [0.2, 0.25) is 10.0 Å². The molecule has 3 aliphatic rings. The maximum Gasteiger partial charge on any atom is 0.303 e. The number of hydrogen-bond acceptors (Lipinski definition) is 3. The maximum atomic E-state index is 12.8. The molecule has 1 aromatic carbocycles. The first-order valence-corrected chi connectivity index (χ1v) is 11.6. The molecular weight excluding hydrogens is 374 g/mol. The number of carboxylic acid groups (broad SMARTS) is 1. The smallest absolute Gasteiger partial charge is 0.303 e. The number of nitrogens with one attached hydrogen (secondary N) is 1. The van der Waals surface area contributed by atoms with Crippen molar-refractivity contribution in [1.82, 2.24) is 4.72 Å². The van der Waals surface area contributed by atoms with E-state index in [0.717, 1.165) is 19.3 Å².